The highest BCUT2D eigenvalue weighted by atomic mass is 16.2. The summed E-state index contributed by atoms with van der Waals surface area (Å²) >= 11 is 0. The molecule has 2 amide bonds. The van der Waals surface area contributed by atoms with Crippen molar-refractivity contribution < 1.29 is 9.59 Å². The summed E-state index contributed by atoms with van der Waals surface area (Å²) in [6.45, 7) is 6.52. The molecule has 2 fully saturated rings. The molecule has 33 heavy (non-hydrogen) atoms. The number of fused-ring (bicyclic) bond motifs is 1. The van der Waals surface area contributed by atoms with E-state index in [9.17, 15) is 9.59 Å². The largest absolute Gasteiger partial charge is 0.351 e. The Bertz CT molecular complexity index is 1080. The summed E-state index contributed by atoms with van der Waals surface area (Å²) in [5.74, 6) is 0.180. The first-order chi connectivity index (χ1) is 16.1. The van der Waals surface area contributed by atoms with Crippen LogP contribution in [-0.4, -0.2) is 50.1 Å². The number of benzene rings is 1. The molecule has 3 heterocycles. The van der Waals surface area contributed by atoms with Gasteiger partial charge in [-0.1, -0.05) is 25.1 Å². The highest BCUT2D eigenvalue weighted by molar-refractivity contribution is 6.05. The number of aryl methyl sites for hydroxylation is 1. The molecule has 2 unspecified atom stereocenters. The van der Waals surface area contributed by atoms with Crippen LogP contribution >= 0.6 is 0 Å². The quantitative estimate of drug-likeness (QED) is 0.744. The molecule has 2 atom stereocenters. The minimum absolute atomic E-state index is 0.00342. The van der Waals surface area contributed by atoms with Crippen LogP contribution in [0.25, 0.3) is 0 Å². The Morgan fingerprint density at radius 1 is 1.12 bits per heavy atom. The van der Waals surface area contributed by atoms with Gasteiger partial charge in [-0.3, -0.25) is 14.3 Å². The molecule has 3 aliphatic rings. The molecule has 2 bridgehead atoms. The smallest absolute Gasteiger partial charge is 0.276 e. The maximum absolute atomic E-state index is 13.7. The molecule has 7 heteroatoms. The standard InChI is InChI=1S/C26H33N5O2/c1-3-22-23(24(32)27-20-11-6-5-7-12-20)19-10-8-14-26(18-19)30(22)15-9-16-31(26)25(33)21-13-17-29(4-2)28-21/h5-7,11-13,17,19H,3-4,8-10,14-16,18H2,1-2H3,(H,27,32). The van der Waals surface area contributed by atoms with Crippen LogP contribution in [0.4, 0.5) is 5.69 Å². The maximum atomic E-state index is 13.7. The molecule has 2 aliphatic heterocycles. The van der Waals surface area contributed by atoms with E-state index in [2.05, 4.69) is 27.1 Å². The van der Waals surface area contributed by atoms with Crippen LogP contribution in [0.3, 0.4) is 0 Å². The zero-order valence-corrected chi connectivity index (χ0v) is 19.6. The summed E-state index contributed by atoms with van der Waals surface area (Å²) in [6, 6.07) is 11.5. The van der Waals surface area contributed by atoms with E-state index < -0.39 is 0 Å². The average molecular weight is 448 g/mol. The van der Waals surface area contributed by atoms with Gasteiger partial charge in [-0.15, -0.1) is 0 Å². The van der Waals surface area contributed by atoms with E-state index in [1.807, 2.05) is 49.5 Å². The van der Waals surface area contributed by atoms with Crippen LogP contribution < -0.4 is 5.32 Å². The second kappa shape index (κ2) is 8.69. The molecular formula is C26H33N5O2. The van der Waals surface area contributed by atoms with Crippen molar-refractivity contribution >= 4 is 17.5 Å². The number of amides is 2. The van der Waals surface area contributed by atoms with Gasteiger partial charge in [0, 0.05) is 42.8 Å². The van der Waals surface area contributed by atoms with Gasteiger partial charge in [0.15, 0.2) is 0 Å². The Kier molecular flexibility index (Phi) is 5.72. The van der Waals surface area contributed by atoms with Crippen molar-refractivity contribution in [2.75, 3.05) is 18.4 Å². The fourth-order valence-corrected chi connectivity index (χ4v) is 6.18. The lowest BCUT2D eigenvalue weighted by Crippen LogP contribution is -2.69. The third-order valence-corrected chi connectivity index (χ3v) is 7.56. The summed E-state index contributed by atoms with van der Waals surface area (Å²) < 4.78 is 1.81. The first kappa shape index (κ1) is 21.7. The number of aromatic nitrogens is 2. The molecule has 1 aliphatic carbocycles. The van der Waals surface area contributed by atoms with Gasteiger partial charge < -0.3 is 15.1 Å². The second-order valence-corrected chi connectivity index (χ2v) is 9.33. The van der Waals surface area contributed by atoms with E-state index in [0.29, 0.717) is 5.69 Å². The lowest BCUT2D eigenvalue weighted by molar-refractivity contribution is -0.118. The number of anilines is 1. The van der Waals surface area contributed by atoms with Crippen LogP contribution in [0.1, 0.15) is 62.9 Å². The number of rotatable bonds is 5. The van der Waals surface area contributed by atoms with Gasteiger partial charge in [0.05, 0.1) is 0 Å². The van der Waals surface area contributed by atoms with Crippen molar-refractivity contribution in [1.82, 2.24) is 19.6 Å². The number of hydrogen-bond acceptors (Lipinski definition) is 4. The molecule has 1 aromatic carbocycles. The van der Waals surface area contributed by atoms with Gasteiger partial charge in [0.25, 0.3) is 11.8 Å². The molecule has 1 saturated heterocycles. The van der Waals surface area contributed by atoms with Crippen molar-refractivity contribution in [2.24, 2.45) is 5.92 Å². The third kappa shape index (κ3) is 3.63. The first-order valence-electron chi connectivity index (χ1n) is 12.3. The van der Waals surface area contributed by atoms with Crippen molar-refractivity contribution in [2.45, 2.75) is 64.6 Å². The number of carbonyl (C=O) groups is 2. The van der Waals surface area contributed by atoms with Crippen LogP contribution in [0.15, 0.2) is 53.9 Å². The fraction of sp³-hybridized carbons (Fsp3) is 0.500. The van der Waals surface area contributed by atoms with Gasteiger partial charge in [-0.25, -0.2) is 0 Å². The first-order valence-corrected chi connectivity index (χ1v) is 12.3. The van der Waals surface area contributed by atoms with Crippen LogP contribution in [0.2, 0.25) is 0 Å². The molecule has 174 valence electrons. The summed E-state index contributed by atoms with van der Waals surface area (Å²) in [5, 5.41) is 7.63. The lowest BCUT2D eigenvalue weighted by Gasteiger charge is -2.61. The molecule has 1 N–H and O–H groups in total. The fourth-order valence-electron chi connectivity index (χ4n) is 6.18. The van der Waals surface area contributed by atoms with E-state index >= 15 is 0 Å². The Balaban J connectivity index is 1.51. The number of carbonyl (C=O) groups excluding carboxylic acids is 2. The molecule has 5 rings (SSSR count). The zero-order chi connectivity index (χ0) is 23.0. The molecule has 7 nitrogen and oxygen atoms in total. The molecule has 2 aromatic rings. The highest BCUT2D eigenvalue weighted by Gasteiger charge is 2.55. The number of nitrogens with one attached hydrogen (secondary N) is 1. The van der Waals surface area contributed by atoms with Gasteiger partial charge in [-0.2, -0.15) is 5.10 Å². The second-order valence-electron chi connectivity index (χ2n) is 9.33. The topological polar surface area (TPSA) is 70.5 Å². The van der Waals surface area contributed by atoms with Crippen LogP contribution in [0.5, 0.6) is 0 Å². The van der Waals surface area contributed by atoms with Gasteiger partial charge >= 0.3 is 0 Å². The van der Waals surface area contributed by atoms with E-state index in [-0.39, 0.29) is 23.4 Å². The Hall–Kier alpha value is -3.09. The minimum atomic E-state index is -0.351. The number of nitrogens with zero attached hydrogens (tertiary/aromatic N) is 4. The van der Waals surface area contributed by atoms with E-state index in [1.165, 1.54) is 0 Å². The van der Waals surface area contributed by atoms with Gasteiger partial charge in [0.1, 0.15) is 11.4 Å². The van der Waals surface area contributed by atoms with Crippen molar-refractivity contribution in [3.8, 4) is 0 Å². The summed E-state index contributed by atoms with van der Waals surface area (Å²) in [7, 11) is 0. The van der Waals surface area contributed by atoms with E-state index in [0.717, 1.165) is 75.1 Å². The minimum Gasteiger partial charge on any atom is -0.351 e. The Morgan fingerprint density at radius 2 is 1.94 bits per heavy atom. The molecular weight excluding hydrogens is 414 g/mol. The summed E-state index contributed by atoms with van der Waals surface area (Å²) in [5.41, 5.74) is 3.01. The average Bonchev–Trinajstić information content (AvgIpc) is 3.32. The van der Waals surface area contributed by atoms with Gasteiger partial charge in [0.2, 0.25) is 0 Å². The molecule has 0 radical (unpaired) electrons. The zero-order valence-electron chi connectivity index (χ0n) is 19.6. The molecule has 1 saturated carbocycles. The lowest BCUT2D eigenvalue weighted by atomic mass is 9.70. The normalized spacial score (nSPS) is 24.5. The van der Waals surface area contributed by atoms with E-state index in [4.69, 9.17) is 0 Å². The molecule has 1 spiro atoms. The van der Waals surface area contributed by atoms with Crippen LogP contribution in [-0.2, 0) is 11.3 Å². The van der Waals surface area contributed by atoms with E-state index in [1.54, 1.807) is 4.68 Å². The number of hydrogen-bond donors (Lipinski definition) is 1. The van der Waals surface area contributed by atoms with Crippen molar-refractivity contribution in [3.63, 3.8) is 0 Å². The third-order valence-electron chi connectivity index (χ3n) is 7.56. The predicted octanol–water partition coefficient (Wildman–Crippen LogP) is 4.25. The highest BCUT2D eigenvalue weighted by Crippen LogP contribution is 2.51. The van der Waals surface area contributed by atoms with Crippen molar-refractivity contribution in [1.29, 1.82) is 0 Å². The predicted molar refractivity (Wildman–Crippen MR) is 127 cm³/mol. The number of allylic oxidation sites excluding steroid dienone is 1. The van der Waals surface area contributed by atoms with Crippen molar-refractivity contribution in [3.05, 3.63) is 59.6 Å². The summed E-state index contributed by atoms with van der Waals surface area (Å²) in [6.07, 6.45) is 7.30. The maximum Gasteiger partial charge on any atom is 0.276 e. The Morgan fingerprint density at radius 3 is 2.67 bits per heavy atom. The Labute approximate surface area is 195 Å². The monoisotopic (exact) mass is 447 g/mol. The van der Waals surface area contributed by atoms with Crippen LogP contribution in [0, 0.1) is 5.92 Å². The number of para-hydroxylation sites is 1. The van der Waals surface area contributed by atoms with Gasteiger partial charge in [-0.05, 0) is 69.6 Å². The molecule has 1 aromatic heterocycles. The summed E-state index contributed by atoms with van der Waals surface area (Å²) in [4.78, 5) is 31.6. The SMILES string of the molecule is CCC1=C(C(=O)Nc2ccccc2)C2CCCC3(C2)N(C(=O)c2ccn(CC)n2)CCCN13.